The molecular weight excluding hydrogens is 302 g/mol. The average molecular weight is 326 g/mol. The summed E-state index contributed by atoms with van der Waals surface area (Å²) in [5, 5.41) is 2.79. The van der Waals surface area contributed by atoms with E-state index in [0.717, 1.165) is 31.5 Å². The first-order valence-corrected chi connectivity index (χ1v) is 7.46. The number of nitrogens with one attached hydrogen (secondary N) is 1. The Balaban J connectivity index is 0.00000242. The fourth-order valence-corrected chi connectivity index (χ4v) is 2.51. The summed E-state index contributed by atoms with van der Waals surface area (Å²) in [6.45, 7) is 3.17. The van der Waals surface area contributed by atoms with Crippen LogP contribution in [-0.2, 0) is 16.0 Å². The number of nitrogens with two attached hydrogens (primary N) is 1. The van der Waals surface area contributed by atoms with Crippen molar-refractivity contribution in [3.05, 3.63) is 35.9 Å². The lowest BCUT2D eigenvalue weighted by atomic mass is 10.0. The number of hydrogen-bond acceptors (Lipinski definition) is 3. The van der Waals surface area contributed by atoms with E-state index in [1.165, 1.54) is 0 Å². The van der Waals surface area contributed by atoms with Crippen molar-refractivity contribution >= 4 is 24.2 Å². The second kappa shape index (κ2) is 8.76. The summed E-state index contributed by atoms with van der Waals surface area (Å²) >= 11 is 0. The zero-order chi connectivity index (χ0) is 15.2. The van der Waals surface area contributed by atoms with Crippen LogP contribution in [0, 0.1) is 0 Å². The zero-order valence-electron chi connectivity index (χ0n) is 12.8. The molecule has 2 atom stereocenters. The van der Waals surface area contributed by atoms with E-state index < -0.39 is 12.1 Å². The van der Waals surface area contributed by atoms with Crippen LogP contribution in [-0.4, -0.2) is 41.9 Å². The fourth-order valence-electron chi connectivity index (χ4n) is 2.51. The van der Waals surface area contributed by atoms with Crippen molar-refractivity contribution in [3.63, 3.8) is 0 Å². The number of rotatable bonds is 5. The van der Waals surface area contributed by atoms with E-state index in [1.807, 2.05) is 35.2 Å². The molecule has 1 unspecified atom stereocenters. The van der Waals surface area contributed by atoms with Crippen LogP contribution in [0.15, 0.2) is 30.3 Å². The topological polar surface area (TPSA) is 75.4 Å². The summed E-state index contributed by atoms with van der Waals surface area (Å²) in [6.07, 6.45) is 2.56. The zero-order valence-corrected chi connectivity index (χ0v) is 13.6. The van der Waals surface area contributed by atoms with E-state index >= 15 is 0 Å². The van der Waals surface area contributed by atoms with E-state index in [0.29, 0.717) is 6.42 Å². The van der Waals surface area contributed by atoms with Gasteiger partial charge in [0, 0.05) is 19.5 Å². The normalized spacial score (nSPS) is 16.5. The van der Waals surface area contributed by atoms with Gasteiger partial charge in [0.1, 0.15) is 6.04 Å². The van der Waals surface area contributed by atoms with Gasteiger partial charge in [-0.05, 0) is 25.3 Å². The van der Waals surface area contributed by atoms with E-state index in [-0.39, 0.29) is 24.2 Å². The van der Waals surface area contributed by atoms with Gasteiger partial charge in [-0.25, -0.2) is 0 Å². The third kappa shape index (κ3) is 5.00. The van der Waals surface area contributed by atoms with Gasteiger partial charge >= 0.3 is 0 Å². The number of benzene rings is 1. The van der Waals surface area contributed by atoms with E-state index in [2.05, 4.69) is 5.32 Å². The first-order chi connectivity index (χ1) is 10.1. The van der Waals surface area contributed by atoms with Gasteiger partial charge < -0.3 is 16.0 Å². The van der Waals surface area contributed by atoms with Crippen LogP contribution in [0.1, 0.15) is 25.3 Å². The highest BCUT2D eigenvalue weighted by molar-refractivity contribution is 5.89. The molecule has 1 fully saturated rings. The Morgan fingerprint density at radius 2 is 1.82 bits per heavy atom. The molecule has 2 amide bonds. The highest BCUT2D eigenvalue weighted by Crippen LogP contribution is 2.12. The van der Waals surface area contributed by atoms with Crippen molar-refractivity contribution in [1.82, 2.24) is 10.2 Å². The lowest BCUT2D eigenvalue weighted by molar-refractivity contribution is -0.135. The lowest BCUT2D eigenvalue weighted by Crippen LogP contribution is -2.52. The van der Waals surface area contributed by atoms with Gasteiger partial charge in [-0.2, -0.15) is 0 Å². The van der Waals surface area contributed by atoms with Gasteiger partial charge in [-0.3, -0.25) is 9.59 Å². The van der Waals surface area contributed by atoms with Gasteiger partial charge in [-0.1, -0.05) is 30.3 Å². The van der Waals surface area contributed by atoms with Crippen LogP contribution in [0.4, 0.5) is 0 Å². The van der Waals surface area contributed by atoms with Crippen molar-refractivity contribution in [2.75, 3.05) is 13.1 Å². The average Bonchev–Trinajstić information content (AvgIpc) is 3.01. The SMILES string of the molecule is C[C@@H](N)C(=O)NC(Cc1ccccc1)C(=O)N1CCCC1.Cl. The molecule has 2 rings (SSSR count). The molecule has 0 aromatic heterocycles. The van der Waals surface area contributed by atoms with Crippen LogP contribution < -0.4 is 11.1 Å². The molecule has 1 aromatic rings. The Hall–Kier alpha value is -1.59. The van der Waals surface area contributed by atoms with Gasteiger partial charge in [0.05, 0.1) is 6.04 Å². The number of halogens is 1. The van der Waals surface area contributed by atoms with Gasteiger partial charge in [0.2, 0.25) is 11.8 Å². The van der Waals surface area contributed by atoms with Crippen molar-refractivity contribution in [2.24, 2.45) is 5.73 Å². The molecule has 22 heavy (non-hydrogen) atoms. The lowest BCUT2D eigenvalue weighted by Gasteiger charge is -2.25. The molecule has 6 heteroatoms. The molecule has 1 saturated heterocycles. The molecule has 0 radical (unpaired) electrons. The number of hydrogen-bond donors (Lipinski definition) is 2. The number of likely N-dealkylation sites (tertiary alicyclic amines) is 1. The van der Waals surface area contributed by atoms with Crippen molar-refractivity contribution < 1.29 is 9.59 Å². The number of amides is 2. The Kier molecular flexibility index (Phi) is 7.35. The van der Waals surface area contributed by atoms with E-state index in [9.17, 15) is 9.59 Å². The molecule has 1 aliphatic rings. The molecule has 0 spiro atoms. The van der Waals surface area contributed by atoms with Gasteiger partial charge in [0.15, 0.2) is 0 Å². The molecule has 1 aliphatic heterocycles. The highest BCUT2D eigenvalue weighted by Gasteiger charge is 2.28. The van der Waals surface area contributed by atoms with E-state index in [1.54, 1.807) is 6.92 Å². The Morgan fingerprint density at radius 1 is 1.23 bits per heavy atom. The molecule has 1 aromatic carbocycles. The summed E-state index contributed by atoms with van der Waals surface area (Å²) in [5.74, 6) is -0.297. The molecular formula is C16H24ClN3O2. The van der Waals surface area contributed by atoms with Crippen LogP contribution in [0.3, 0.4) is 0 Å². The summed E-state index contributed by atoms with van der Waals surface area (Å²) in [6, 6.07) is 8.56. The van der Waals surface area contributed by atoms with Crippen molar-refractivity contribution in [2.45, 2.75) is 38.3 Å². The smallest absolute Gasteiger partial charge is 0.245 e. The molecule has 5 nitrogen and oxygen atoms in total. The van der Waals surface area contributed by atoms with Crippen LogP contribution >= 0.6 is 12.4 Å². The minimum Gasteiger partial charge on any atom is -0.343 e. The highest BCUT2D eigenvalue weighted by atomic mass is 35.5. The Labute approximate surface area is 137 Å². The van der Waals surface area contributed by atoms with E-state index in [4.69, 9.17) is 5.73 Å². The third-order valence-electron chi connectivity index (χ3n) is 3.73. The number of nitrogens with zero attached hydrogens (tertiary/aromatic N) is 1. The second-order valence-electron chi connectivity index (χ2n) is 5.57. The predicted molar refractivity (Wildman–Crippen MR) is 88.8 cm³/mol. The maximum atomic E-state index is 12.6. The molecule has 0 aliphatic carbocycles. The largest absolute Gasteiger partial charge is 0.343 e. The number of carbonyl (C=O) groups is 2. The number of carbonyl (C=O) groups excluding carboxylic acids is 2. The van der Waals surface area contributed by atoms with Crippen LogP contribution in [0.25, 0.3) is 0 Å². The fraction of sp³-hybridized carbons (Fsp3) is 0.500. The first-order valence-electron chi connectivity index (χ1n) is 7.46. The molecule has 122 valence electrons. The molecule has 1 heterocycles. The quantitative estimate of drug-likeness (QED) is 0.851. The Bertz CT molecular complexity index is 487. The standard InChI is InChI=1S/C16H23N3O2.ClH/c1-12(17)15(20)18-14(11-13-7-3-2-4-8-13)16(21)19-9-5-6-10-19;/h2-4,7-8,12,14H,5-6,9-11,17H2,1H3,(H,18,20);1H/t12-,14?;/m1./s1. The predicted octanol–water partition coefficient (Wildman–Crippen LogP) is 1.11. The minimum atomic E-state index is -0.616. The molecule has 0 bridgehead atoms. The Morgan fingerprint density at radius 3 is 2.36 bits per heavy atom. The summed E-state index contributed by atoms with van der Waals surface area (Å²) in [4.78, 5) is 26.3. The first kappa shape index (κ1) is 18.5. The third-order valence-corrected chi connectivity index (χ3v) is 3.73. The minimum absolute atomic E-state index is 0. The monoisotopic (exact) mass is 325 g/mol. The molecule has 3 N–H and O–H groups in total. The maximum Gasteiger partial charge on any atom is 0.245 e. The maximum absolute atomic E-state index is 12.6. The summed E-state index contributed by atoms with van der Waals surface area (Å²) < 4.78 is 0. The van der Waals surface area contributed by atoms with Crippen LogP contribution in [0.2, 0.25) is 0 Å². The van der Waals surface area contributed by atoms with Crippen LogP contribution in [0.5, 0.6) is 0 Å². The van der Waals surface area contributed by atoms with Gasteiger partial charge in [-0.15, -0.1) is 12.4 Å². The second-order valence-corrected chi connectivity index (χ2v) is 5.57. The van der Waals surface area contributed by atoms with Gasteiger partial charge in [0.25, 0.3) is 0 Å². The summed E-state index contributed by atoms with van der Waals surface area (Å²) in [5.41, 5.74) is 6.62. The van der Waals surface area contributed by atoms with Crippen molar-refractivity contribution in [1.29, 1.82) is 0 Å². The van der Waals surface area contributed by atoms with Crippen molar-refractivity contribution in [3.8, 4) is 0 Å². The summed E-state index contributed by atoms with van der Waals surface area (Å²) in [7, 11) is 0. The molecule has 0 saturated carbocycles.